The van der Waals surface area contributed by atoms with Gasteiger partial charge < -0.3 is 10.1 Å². The molecule has 0 aliphatic rings. The molecule has 0 aliphatic carbocycles. The highest BCUT2D eigenvalue weighted by Gasteiger charge is 2.11. The van der Waals surface area contributed by atoms with E-state index in [1.807, 2.05) is 66.0 Å². The number of carbonyl (C=O) groups is 1. The van der Waals surface area contributed by atoms with Crippen molar-refractivity contribution in [3.05, 3.63) is 99.5 Å². The number of halogens is 1. The largest absolute Gasteiger partial charge is 0.489 e. The Balaban J connectivity index is 1.34. The molecule has 0 saturated carbocycles. The van der Waals surface area contributed by atoms with E-state index < -0.39 is 0 Å². The minimum Gasteiger partial charge on any atom is -0.489 e. The molecular formula is C22H18ClN3O2S. The van der Waals surface area contributed by atoms with Crippen LogP contribution in [0.3, 0.4) is 0 Å². The van der Waals surface area contributed by atoms with Crippen molar-refractivity contribution in [2.24, 2.45) is 0 Å². The summed E-state index contributed by atoms with van der Waals surface area (Å²) in [5.74, 6) is 0.633. The number of hydrogen-bond donors (Lipinski definition) is 1. The van der Waals surface area contributed by atoms with Crippen LogP contribution in [0, 0.1) is 0 Å². The molecule has 29 heavy (non-hydrogen) atoms. The second kappa shape index (κ2) is 8.94. The molecule has 5 nitrogen and oxygen atoms in total. The smallest absolute Gasteiger partial charge is 0.265 e. The lowest BCUT2D eigenvalue weighted by atomic mass is 10.2. The van der Waals surface area contributed by atoms with Crippen molar-refractivity contribution >= 4 is 34.5 Å². The van der Waals surface area contributed by atoms with Gasteiger partial charge in [0.15, 0.2) is 0 Å². The number of rotatable bonds is 7. The number of anilines is 1. The molecule has 0 saturated heterocycles. The van der Waals surface area contributed by atoms with Gasteiger partial charge in [-0.05, 0) is 35.2 Å². The van der Waals surface area contributed by atoms with Crippen LogP contribution >= 0.6 is 22.9 Å². The molecule has 0 aliphatic heterocycles. The van der Waals surface area contributed by atoms with E-state index in [1.165, 1.54) is 11.3 Å². The van der Waals surface area contributed by atoms with Crippen molar-refractivity contribution in [3.8, 4) is 5.75 Å². The average Bonchev–Trinajstić information content (AvgIpc) is 3.39. The number of aromatic nitrogens is 2. The van der Waals surface area contributed by atoms with Gasteiger partial charge in [-0.15, -0.1) is 11.3 Å². The van der Waals surface area contributed by atoms with E-state index in [0.29, 0.717) is 28.7 Å². The lowest BCUT2D eigenvalue weighted by molar-refractivity contribution is 0.103. The lowest BCUT2D eigenvalue weighted by Gasteiger charge is -2.04. The van der Waals surface area contributed by atoms with Crippen LogP contribution in [0.15, 0.2) is 78.4 Å². The SMILES string of the molecule is O=C(Nc1cnn(Cc2ccccc2Cl)c1)c1cc(COc2ccccc2)cs1. The van der Waals surface area contributed by atoms with E-state index in [4.69, 9.17) is 16.3 Å². The maximum Gasteiger partial charge on any atom is 0.265 e. The van der Waals surface area contributed by atoms with Crippen molar-refractivity contribution in [2.75, 3.05) is 5.32 Å². The zero-order chi connectivity index (χ0) is 20.1. The molecular weight excluding hydrogens is 406 g/mol. The molecule has 0 spiro atoms. The van der Waals surface area contributed by atoms with Gasteiger partial charge in [0, 0.05) is 16.8 Å². The van der Waals surface area contributed by atoms with Gasteiger partial charge in [0.25, 0.3) is 5.91 Å². The van der Waals surface area contributed by atoms with Crippen molar-refractivity contribution in [2.45, 2.75) is 13.2 Å². The van der Waals surface area contributed by atoms with E-state index in [-0.39, 0.29) is 5.91 Å². The molecule has 146 valence electrons. The van der Waals surface area contributed by atoms with Crippen LogP contribution in [-0.2, 0) is 13.2 Å². The van der Waals surface area contributed by atoms with Gasteiger partial charge in [-0.3, -0.25) is 9.48 Å². The number of hydrogen-bond acceptors (Lipinski definition) is 4. The summed E-state index contributed by atoms with van der Waals surface area (Å²) < 4.78 is 7.46. The highest BCUT2D eigenvalue weighted by Crippen LogP contribution is 2.20. The summed E-state index contributed by atoms with van der Waals surface area (Å²) in [5.41, 5.74) is 2.56. The van der Waals surface area contributed by atoms with Gasteiger partial charge in [-0.25, -0.2) is 0 Å². The van der Waals surface area contributed by atoms with E-state index in [2.05, 4.69) is 10.4 Å². The third kappa shape index (κ3) is 5.04. The molecule has 0 atom stereocenters. The molecule has 2 aromatic carbocycles. The number of ether oxygens (including phenoxy) is 1. The topological polar surface area (TPSA) is 56.2 Å². The summed E-state index contributed by atoms with van der Waals surface area (Å²) in [6.45, 7) is 0.957. The number of carbonyl (C=O) groups excluding carboxylic acids is 1. The third-order valence-electron chi connectivity index (χ3n) is 4.21. The van der Waals surface area contributed by atoms with Crippen LogP contribution in [0.2, 0.25) is 5.02 Å². The highest BCUT2D eigenvalue weighted by molar-refractivity contribution is 7.12. The molecule has 1 amide bonds. The van der Waals surface area contributed by atoms with Gasteiger partial charge in [-0.2, -0.15) is 5.10 Å². The van der Waals surface area contributed by atoms with Crippen molar-refractivity contribution in [1.29, 1.82) is 0 Å². The van der Waals surface area contributed by atoms with Crippen LogP contribution in [0.4, 0.5) is 5.69 Å². The first-order valence-corrected chi connectivity index (χ1v) is 10.3. The summed E-state index contributed by atoms with van der Waals surface area (Å²) in [6.07, 6.45) is 3.41. The fourth-order valence-corrected chi connectivity index (χ4v) is 3.75. The molecule has 7 heteroatoms. The Morgan fingerprint density at radius 1 is 1.14 bits per heavy atom. The van der Waals surface area contributed by atoms with Crippen LogP contribution in [-0.4, -0.2) is 15.7 Å². The highest BCUT2D eigenvalue weighted by atomic mass is 35.5. The normalized spacial score (nSPS) is 10.7. The van der Waals surface area contributed by atoms with Crippen molar-refractivity contribution < 1.29 is 9.53 Å². The summed E-state index contributed by atoms with van der Waals surface area (Å²) in [4.78, 5) is 13.1. The first kappa shape index (κ1) is 19.2. The van der Waals surface area contributed by atoms with Crippen molar-refractivity contribution in [3.63, 3.8) is 0 Å². The Bertz CT molecular complexity index is 1110. The minimum atomic E-state index is -0.168. The monoisotopic (exact) mass is 423 g/mol. The van der Waals surface area contributed by atoms with Gasteiger partial charge in [0.2, 0.25) is 0 Å². The second-order valence-electron chi connectivity index (χ2n) is 6.39. The Hall–Kier alpha value is -3.09. The molecule has 2 aromatic heterocycles. The van der Waals surface area contributed by atoms with Gasteiger partial charge >= 0.3 is 0 Å². The molecule has 0 fully saturated rings. The molecule has 0 unspecified atom stereocenters. The van der Waals surface area contributed by atoms with E-state index in [1.54, 1.807) is 17.1 Å². The number of benzene rings is 2. The van der Waals surface area contributed by atoms with E-state index >= 15 is 0 Å². The van der Waals surface area contributed by atoms with Gasteiger partial charge in [-0.1, -0.05) is 48.0 Å². The maximum atomic E-state index is 12.5. The fourth-order valence-electron chi connectivity index (χ4n) is 2.76. The van der Waals surface area contributed by atoms with Crippen molar-refractivity contribution in [1.82, 2.24) is 9.78 Å². The number of nitrogens with zero attached hydrogens (tertiary/aromatic N) is 2. The molecule has 0 radical (unpaired) electrons. The molecule has 1 N–H and O–H groups in total. The third-order valence-corrected chi connectivity index (χ3v) is 5.55. The Morgan fingerprint density at radius 2 is 1.93 bits per heavy atom. The average molecular weight is 424 g/mol. The predicted octanol–water partition coefficient (Wildman–Crippen LogP) is 5.48. The first-order valence-electron chi connectivity index (χ1n) is 9.00. The summed E-state index contributed by atoms with van der Waals surface area (Å²) in [7, 11) is 0. The Kier molecular flexibility index (Phi) is 5.93. The standard InChI is InChI=1S/C22H18ClN3O2S/c23-20-9-5-4-6-17(20)12-26-13-18(11-24-26)25-22(27)21-10-16(15-29-21)14-28-19-7-2-1-3-8-19/h1-11,13,15H,12,14H2,(H,25,27). The van der Waals surface area contributed by atoms with E-state index in [0.717, 1.165) is 16.9 Å². The molecule has 4 rings (SSSR count). The summed E-state index contributed by atoms with van der Waals surface area (Å²) >= 11 is 7.58. The number of para-hydroxylation sites is 1. The summed E-state index contributed by atoms with van der Waals surface area (Å²) in [5, 5.41) is 9.80. The van der Waals surface area contributed by atoms with Crippen LogP contribution in [0.25, 0.3) is 0 Å². The van der Waals surface area contributed by atoms with Crippen LogP contribution in [0.1, 0.15) is 20.8 Å². The van der Waals surface area contributed by atoms with Gasteiger partial charge in [0.1, 0.15) is 12.4 Å². The number of amides is 1. The predicted molar refractivity (Wildman–Crippen MR) is 116 cm³/mol. The van der Waals surface area contributed by atoms with Crippen LogP contribution in [0.5, 0.6) is 5.75 Å². The Labute approximate surface area is 177 Å². The minimum absolute atomic E-state index is 0.168. The second-order valence-corrected chi connectivity index (χ2v) is 7.71. The molecule has 2 heterocycles. The molecule has 4 aromatic rings. The fraction of sp³-hybridized carbons (Fsp3) is 0.0909. The quantitative estimate of drug-likeness (QED) is 0.428. The molecule has 0 bridgehead atoms. The summed E-state index contributed by atoms with van der Waals surface area (Å²) in [6, 6.07) is 19.1. The van der Waals surface area contributed by atoms with E-state index in [9.17, 15) is 4.79 Å². The maximum absolute atomic E-state index is 12.5. The zero-order valence-corrected chi connectivity index (χ0v) is 17.0. The first-order chi connectivity index (χ1) is 14.2. The number of thiophene rings is 1. The number of nitrogens with one attached hydrogen (secondary N) is 1. The Morgan fingerprint density at radius 3 is 2.76 bits per heavy atom. The lowest BCUT2D eigenvalue weighted by Crippen LogP contribution is -2.09. The zero-order valence-electron chi connectivity index (χ0n) is 15.4. The van der Waals surface area contributed by atoms with Gasteiger partial charge in [0.05, 0.1) is 23.3 Å². The van der Waals surface area contributed by atoms with Crippen LogP contribution < -0.4 is 10.1 Å².